The topological polar surface area (TPSA) is 68.9 Å². The molecule has 5 nitrogen and oxygen atoms in total. The second-order valence-corrected chi connectivity index (χ2v) is 2.84. The third kappa shape index (κ3) is 1.88. The van der Waals surface area contributed by atoms with Gasteiger partial charge in [-0.15, -0.1) is 0 Å². The summed E-state index contributed by atoms with van der Waals surface area (Å²) in [5, 5.41) is 3.55. The molecule has 2 aromatic rings. The van der Waals surface area contributed by atoms with E-state index < -0.39 is 5.82 Å². The smallest absolute Gasteiger partial charge is 0.294 e. The molecule has 15 heavy (non-hydrogen) atoms. The molecule has 0 amide bonds. The zero-order chi connectivity index (χ0) is 10.8. The van der Waals surface area contributed by atoms with Gasteiger partial charge in [0.25, 0.3) is 5.89 Å². The Balaban J connectivity index is 2.37. The maximum absolute atomic E-state index is 12.6. The molecule has 0 aromatic carbocycles. The van der Waals surface area contributed by atoms with Crippen LogP contribution in [0.5, 0.6) is 0 Å². The van der Waals surface area contributed by atoms with E-state index in [0.717, 1.165) is 6.20 Å². The van der Waals surface area contributed by atoms with E-state index in [2.05, 4.69) is 19.6 Å². The van der Waals surface area contributed by atoms with Crippen molar-refractivity contribution in [1.82, 2.24) is 15.1 Å². The Morgan fingerprint density at radius 2 is 2.27 bits per heavy atom. The molecule has 0 N–H and O–H groups in total. The number of nitrogens with zero attached hydrogens (tertiary/aromatic N) is 3. The van der Waals surface area contributed by atoms with Crippen molar-refractivity contribution in [2.75, 3.05) is 0 Å². The van der Waals surface area contributed by atoms with Gasteiger partial charge in [-0.05, 0) is 12.1 Å². The van der Waals surface area contributed by atoms with Crippen LogP contribution in [0.15, 0.2) is 22.9 Å². The predicted molar refractivity (Wildman–Crippen MR) is 47.5 cm³/mol. The van der Waals surface area contributed by atoms with Crippen LogP contribution in [-0.2, 0) is 0 Å². The highest BCUT2D eigenvalue weighted by Crippen LogP contribution is 2.12. The molecular formula is C9H6FN3O2. The highest BCUT2D eigenvalue weighted by atomic mass is 19.1. The summed E-state index contributed by atoms with van der Waals surface area (Å²) in [6.45, 7) is 1.31. The van der Waals surface area contributed by atoms with Crippen LogP contribution in [0.1, 0.15) is 17.6 Å². The molecule has 0 atom stereocenters. The minimum atomic E-state index is -0.450. The van der Waals surface area contributed by atoms with Crippen molar-refractivity contribution in [3.05, 3.63) is 30.0 Å². The Hall–Kier alpha value is -2.11. The van der Waals surface area contributed by atoms with Crippen LogP contribution in [0.4, 0.5) is 4.39 Å². The molecule has 2 aromatic heterocycles. The standard InChI is InChI=1S/C9H6FN3O2/c1-5(14)9-12-8(13-15-9)7-3-2-6(10)4-11-7/h2-4H,1H3. The van der Waals surface area contributed by atoms with Gasteiger partial charge in [-0.3, -0.25) is 4.79 Å². The summed E-state index contributed by atoms with van der Waals surface area (Å²) in [5.74, 6) is -0.693. The molecule has 0 radical (unpaired) electrons. The number of halogens is 1. The van der Waals surface area contributed by atoms with E-state index in [4.69, 9.17) is 0 Å². The molecule has 0 bridgehead atoms. The van der Waals surface area contributed by atoms with Crippen LogP contribution in [0, 0.1) is 5.82 Å². The van der Waals surface area contributed by atoms with E-state index >= 15 is 0 Å². The zero-order valence-corrected chi connectivity index (χ0v) is 7.77. The van der Waals surface area contributed by atoms with E-state index in [9.17, 15) is 9.18 Å². The Morgan fingerprint density at radius 1 is 1.47 bits per heavy atom. The van der Waals surface area contributed by atoms with Gasteiger partial charge in [0, 0.05) is 6.92 Å². The summed E-state index contributed by atoms with van der Waals surface area (Å²) in [7, 11) is 0. The summed E-state index contributed by atoms with van der Waals surface area (Å²) in [6, 6.07) is 2.64. The molecule has 0 aliphatic carbocycles. The molecular weight excluding hydrogens is 201 g/mol. The zero-order valence-electron chi connectivity index (χ0n) is 7.77. The molecule has 0 unspecified atom stereocenters. The molecule has 6 heteroatoms. The van der Waals surface area contributed by atoms with E-state index in [1.165, 1.54) is 19.1 Å². The predicted octanol–water partition coefficient (Wildman–Crippen LogP) is 1.47. The van der Waals surface area contributed by atoms with Gasteiger partial charge in [0.15, 0.2) is 0 Å². The molecule has 2 rings (SSSR count). The van der Waals surface area contributed by atoms with Crippen LogP contribution < -0.4 is 0 Å². The Morgan fingerprint density at radius 3 is 2.80 bits per heavy atom. The van der Waals surface area contributed by atoms with Crippen molar-refractivity contribution in [2.45, 2.75) is 6.92 Å². The average molecular weight is 207 g/mol. The van der Waals surface area contributed by atoms with Crippen LogP contribution >= 0.6 is 0 Å². The van der Waals surface area contributed by atoms with Gasteiger partial charge in [-0.1, -0.05) is 5.16 Å². The molecule has 0 spiro atoms. The minimum Gasteiger partial charge on any atom is -0.330 e. The number of carbonyl (C=O) groups is 1. The van der Waals surface area contributed by atoms with Gasteiger partial charge in [-0.2, -0.15) is 4.98 Å². The van der Waals surface area contributed by atoms with Crippen molar-refractivity contribution in [1.29, 1.82) is 0 Å². The number of carbonyl (C=O) groups excluding carboxylic acids is 1. The number of rotatable bonds is 2. The van der Waals surface area contributed by atoms with Gasteiger partial charge in [0.2, 0.25) is 11.6 Å². The number of aromatic nitrogens is 3. The third-order valence-electron chi connectivity index (χ3n) is 1.68. The molecule has 76 valence electrons. The lowest BCUT2D eigenvalue weighted by molar-refractivity contribution is 0.0972. The molecule has 2 heterocycles. The highest BCUT2D eigenvalue weighted by molar-refractivity contribution is 5.89. The van der Waals surface area contributed by atoms with Crippen LogP contribution in [0.25, 0.3) is 11.5 Å². The fourth-order valence-corrected chi connectivity index (χ4v) is 0.979. The van der Waals surface area contributed by atoms with E-state index in [1.807, 2.05) is 0 Å². The number of Topliss-reactive ketones (excluding diaryl/α,β-unsaturated/α-hetero) is 1. The van der Waals surface area contributed by atoms with Crippen LogP contribution in [-0.4, -0.2) is 20.9 Å². The molecule has 0 aliphatic rings. The average Bonchev–Trinajstić information content (AvgIpc) is 2.68. The minimum absolute atomic E-state index is 0.0869. The van der Waals surface area contributed by atoms with Gasteiger partial charge in [-0.25, -0.2) is 9.37 Å². The van der Waals surface area contributed by atoms with Gasteiger partial charge in [0.05, 0.1) is 6.20 Å². The Bertz CT molecular complexity index is 492. The van der Waals surface area contributed by atoms with Crippen molar-refractivity contribution in [3.8, 4) is 11.5 Å². The monoisotopic (exact) mass is 207 g/mol. The number of ketones is 1. The number of hydrogen-bond acceptors (Lipinski definition) is 5. The van der Waals surface area contributed by atoms with Gasteiger partial charge >= 0.3 is 0 Å². The Labute approximate surface area is 84.0 Å². The Kier molecular flexibility index (Phi) is 2.24. The number of pyridine rings is 1. The lowest BCUT2D eigenvalue weighted by Crippen LogP contribution is -1.92. The second kappa shape index (κ2) is 3.56. The van der Waals surface area contributed by atoms with Crippen LogP contribution in [0.2, 0.25) is 0 Å². The highest BCUT2D eigenvalue weighted by Gasteiger charge is 2.12. The van der Waals surface area contributed by atoms with E-state index in [1.54, 1.807) is 0 Å². The summed E-state index contributed by atoms with van der Waals surface area (Å²) in [5.41, 5.74) is 0.354. The molecule has 0 saturated heterocycles. The van der Waals surface area contributed by atoms with Crippen molar-refractivity contribution in [2.24, 2.45) is 0 Å². The van der Waals surface area contributed by atoms with Crippen molar-refractivity contribution < 1.29 is 13.7 Å². The third-order valence-corrected chi connectivity index (χ3v) is 1.68. The van der Waals surface area contributed by atoms with Crippen molar-refractivity contribution >= 4 is 5.78 Å². The lowest BCUT2D eigenvalue weighted by atomic mass is 10.3. The summed E-state index contributed by atoms with van der Waals surface area (Å²) < 4.78 is 17.2. The van der Waals surface area contributed by atoms with Crippen LogP contribution in [0.3, 0.4) is 0 Å². The molecule has 0 fully saturated rings. The first-order valence-corrected chi connectivity index (χ1v) is 4.13. The SMILES string of the molecule is CC(=O)c1nc(-c2ccc(F)cn2)no1. The van der Waals surface area contributed by atoms with Gasteiger partial charge in [0.1, 0.15) is 11.5 Å². The first kappa shape index (κ1) is 9.45. The fraction of sp³-hybridized carbons (Fsp3) is 0.111. The summed E-state index contributed by atoms with van der Waals surface area (Å²) in [4.78, 5) is 18.4. The summed E-state index contributed by atoms with van der Waals surface area (Å²) >= 11 is 0. The second-order valence-electron chi connectivity index (χ2n) is 2.84. The maximum atomic E-state index is 12.6. The summed E-state index contributed by atoms with van der Waals surface area (Å²) in [6.07, 6.45) is 1.04. The normalized spacial score (nSPS) is 10.3. The van der Waals surface area contributed by atoms with Gasteiger partial charge < -0.3 is 4.52 Å². The van der Waals surface area contributed by atoms with E-state index in [-0.39, 0.29) is 17.5 Å². The molecule has 0 aliphatic heterocycles. The quantitative estimate of drug-likeness (QED) is 0.697. The van der Waals surface area contributed by atoms with Crippen molar-refractivity contribution in [3.63, 3.8) is 0 Å². The maximum Gasteiger partial charge on any atom is 0.294 e. The van der Waals surface area contributed by atoms with E-state index in [0.29, 0.717) is 5.69 Å². The lowest BCUT2D eigenvalue weighted by Gasteiger charge is -1.91. The fourth-order valence-electron chi connectivity index (χ4n) is 0.979. The first-order chi connectivity index (χ1) is 7.16. The largest absolute Gasteiger partial charge is 0.330 e. The first-order valence-electron chi connectivity index (χ1n) is 4.13. The molecule has 0 saturated carbocycles. The number of hydrogen-bond donors (Lipinski definition) is 0.